The van der Waals surface area contributed by atoms with Crippen molar-refractivity contribution >= 4 is 33.2 Å². The second-order valence-corrected chi connectivity index (χ2v) is 3.55. The monoisotopic (exact) mass is 288 g/mol. The first-order valence-electron chi connectivity index (χ1n) is 3.92. The number of halogens is 2. The van der Waals surface area contributed by atoms with E-state index in [0.29, 0.717) is 16.5 Å². The first-order chi connectivity index (χ1) is 7.07. The van der Waals surface area contributed by atoms with Crippen molar-refractivity contribution in [2.45, 2.75) is 6.92 Å². The van der Waals surface area contributed by atoms with Crippen LogP contribution in [0.2, 0.25) is 5.15 Å². The van der Waals surface area contributed by atoms with Crippen molar-refractivity contribution in [3.63, 3.8) is 0 Å². The molecule has 0 N–H and O–H groups in total. The summed E-state index contributed by atoms with van der Waals surface area (Å²) >= 11 is 8.76. The van der Waals surface area contributed by atoms with Gasteiger partial charge in [0.25, 0.3) is 0 Å². The Balaban J connectivity index is 3.35. The van der Waals surface area contributed by atoms with Crippen molar-refractivity contribution in [3.8, 4) is 11.8 Å². The van der Waals surface area contributed by atoms with Crippen molar-refractivity contribution in [3.05, 3.63) is 32.6 Å². The van der Waals surface area contributed by atoms with Crippen molar-refractivity contribution in [2.24, 2.45) is 0 Å². The molecule has 1 aromatic heterocycles. The van der Waals surface area contributed by atoms with E-state index in [-0.39, 0.29) is 10.8 Å². The lowest BCUT2D eigenvalue weighted by atomic mass is 10.1. The van der Waals surface area contributed by atoms with Crippen molar-refractivity contribution in [1.82, 2.24) is 4.98 Å². The molecule has 1 rings (SSSR count). The maximum atomic E-state index is 10.7. The van der Waals surface area contributed by atoms with Gasteiger partial charge < -0.3 is 0 Å². The quantitative estimate of drug-likeness (QED) is 0.263. The SMILES string of the molecule is Cc1c(C#CCBr)cnc(Cl)c1[N+](=O)[O-]. The van der Waals surface area contributed by atoms with Gasteiger partial charge in [0.05, 0.1) is 15.8 Å². The standard InChI is InChI=1S/C9H6BrClN2O2/c1-6-7(3-2-4-10)5-12-9(11)8(6)13(14)15/h5H,4H2,1H3. The van der Waals surface area contributed by atoms with Crippen LogP contribution in [-0.4, -0.2) is 15.2 Å². The summed E-state index contributed by atoms with van der Waals surface area (Å²) in [4.78, 5) is 13.9. The van der Waals surface area contributed by atoms with Gasteiger partial charge >= 0.3 is 5.69 Å². The maximum Gasteiger partial charge on any atom is 0.310 e. The Bertz CT molecular complexity index is 465. The number of nitrogens with zero attached hydrogens (tertiary/aromatic N) is 2. The second-order valence-electron chi connectivity index (χ2n) is 2.63. The van der Waals surface area contributed by atoms with E-state index < -0.39 is 4.92 Å². The lowest BCUT2D eigenvalue weighted by molar-refractivity contribution is -0.385. The van der Waals surface area contributed by atoms with E-state index in [0.717, 1.165) is 0 Å². The van der Waals surface area contributed by atoms with Gasteiger partial charge in [0.15, 0.2) is 0 Å². The Morgan fingerprint density at radius 2 is 2.40 bits per heavy atom. The molecule has 0 aromatic carbocycles. The normalized spacial score (nSPS) is 9.27. The van der Waals surface area contributed by atoms with Gasteiger partial charge in [-0.1, -0.05) is 39.4 Å². The number of alkyl halides is 1. The highest BCUT2D eigenvalue weighted by atomic mass is 79.9. The smallest absolute Gasteiger partial charge is 0.258 e. The van der Waals surface area contributed by atoms with Crippen LogP contribution in [0.15, 0.2) is 6.20 Å². The predicted octanol–water partition coefficient (Wildman–Crippen LogP) is 2.70. The molecule has 1 aromatic rings. The number of rotatable bonds is 1. The zero-order valence-electron chi connectivity index (χ0n) is 7.75. The molecule has 0 saturated carbocycles. The highest BCUT2D eigenvalue weighted by molar-refractivity contribution is 9.09. The van der Waals surface area contributed by atoms with Crippen LogP contribution in [0.1, 0.15) is 11.1 Å². The minimum Gasteiger partial charge on any atom is -0.258 e. The van der Waals surface area contributed by atoms with Crippen LogP contribution in [0.5, 0.6) is 0 Å². The Hall–Kier alpha value is -1.12. The van der Waals surface area contributed by atoms with Gasteiger partial charge in [-0.05, 0) is 6.92 Å². The van der Waals surface area contributed by atoms with Gasteiger partial charge in [-0.25, -0.2) is 4.98 Å². The topological polar surface area (TPSA) is 56.0 Å². The fourth-order valence-electron chi connectivity index (χ4n) is 1.03. The van der Waals surface area contributed by atoms with Crippen LogP contribution in [0.25, 0.3) is 0 Å². The number of hydrogen-bond acceptors (Lipinski definition) is 3. The summed E-state index contributed by atoms with van der Waals surface area (Å²) in [6, 6.07) is 0. The molecule has 0 spiro atoms. The van der Waals surface area contributed by atoms with E-state index in [9.17, 15) is 10.1 Å². The first-order valence-corrected chi connectivity index (χ1v) is 5.42. The van der Waals surface area contributed by atoms with Crippen LogP contribution in [-0.2, 0) is 0 Å². The molecule has 0 saturated heterocycles. The predicted molar refractivity (Wildman–Crippen MR) is 61.3 cm³/mol. The molecule has 0 aliphatic carbocycles. The Morgan fingerprint density at radius 1 is 1.73 bits per heavy atom. The summed E-state index contributed by atoms with van der Waals surface area (Å²) in [6.07, 6.45) is 1.43. The van der Waals surface area contributed by atoms with Gasteiger partial charge in [-0.3, -0.25) is 10.1 Å². The maximum absolute atomic E-state index is 10.7. The molecule has 0 radical (unpaired) electrons. The summed E-state index contributed by atoms with van der Waals surface area (Å²) in [5.74, 6) is 5.51. The van der Waals surface area contributed by atoms with Gasteiger partial charge in [0, 0.05) is 11.8 Å². The Kier molecular flexibility index (Phi) is 4.06. The summed E-state index contributed by atoms with van der Waals surface area (Å²) in [5, 5.41) is 11.1. The van der Waals surface area contributed by atoms with Gasteiger partial charge in [-0.15, -0.1) is 0 Å². The van der Waals surface area contributed by atoms with Crippen LogP contribution >= 0.6 is 27.5 Å². The molecule has 78 valence electrons. The van der Waals surface area contributed by atoms with Crippen LogP contribution in [0, 0.1) is 28.9 Å². The minimum atomic E-state index is -0.552. The third-order valence-electron chi connectivity index (χ3n) is 1.73. The van der Waals surface area contributed by atoms with E-state index >= 15 is 0 Å². The van der Waals surface area contributed by atoms with Gasteiger partial charge in [0.2, 0.25) is 5.15 Å². The highest BCUT2D eigenvalue weighted by Gasteiger charge is 2.19. The second kappa shape index (κ2) is 5.10. The molecule has 15 heavy (non-hydrogen) atoms. The number of nitro groups is 1. The third-order valence-corrected chi connectivity index (χ3v) is 2.29. The summed E-state index contributed by atoms with van der Waals surface area (Å²) in [7, 11) is 0. The number of pyridine rings is 1. The fraction of sp³-hybridized carbons (Fsp3) is 0.222. The Morgan fingerprint density at radius 3 is 2.93 bits per heavy atom. The summed E-state index contributed by atoms with van der Waals surface area (Å²) in [5.41, 5.74) is 0.775. The zero-order chi connectivity index (χ0) is 11.4. The fourth-order valence-corrected chi connectivity index (χ4v) is 1.43. The first kappa shape index (κ1) is 12.0. The highest BCUT2D eigenvalue weighted by Crippen LogP contribution is 2.27. The largest absolute Gasteiger partial charge is 0.310 e. The van der Waals surface area contributed by atoms with Crippen LogP contribution in [0.4, 0.5) is 5.69 Å². The van der Waals surface area contributed by atoms with E-state index in [1.807, 2.05) is 0 Å². The van der Waals surface area contributed by atoms with Gasteiger partial charge in [0.1, 0.15) is 0 Å². The third kappa shape index (κ3) is 2.67. The molecule has 0 amide bonds. The molecule has 0 bridgehead atoms. The number of aromatic nitrogens is 1. The molecular weight excluding hydrogens is 283 g/mol. The molecule has 0 fully saturated rings. The molecule has 0 aliphatic heterocycles. The summed E-state index contributed by atoms with van der Waals surface area (Å²) < 4.78 is 0. The molecule has 6 heteroatoms. The molecular formula is C9H6BrClN2O2. The van der Waals surface area contributed by atoms with Crippen molar-refractivity contribution < 1.29 is 4.92 Å². The molecule has 0 atom stereocenters. The summed E-state index contributed by atoms with van der Waals surface area (Å²) in [6.45, 7) is 1.60. The minimum absolute atomic E-state index is 0.109. The number of hydrogen-bond donors (Lipinski definition) is 0. The van der Waals surface area contributed by atoms with Crippen molar-refractivity contribution in [2.75, 3.05) is 5.33 Å². The Labute approximate surface area is 99.9 Å². The van der Waals surface area contributed by atoms with E-state index in [4.69, 9.17) is 11.6 Å². The van der Waals surface area contributed by atoms with E-state index in [1.165, 1.54) is 6.20 Å². The van der Waals surface area contributed by atoms with Gasteiger partial charge in [-0.2, -0.15) is 0 Å². The van der Waals surface area contributed by atoms with Crippen LogP contribution in [0.3, 0.4) is 0 Å². The van der Waals surface area contributed by atoms with Crippen molar-refractivity contribution in [1.29, 1.82) is 0 Å². The lowest BCUT2D eigenvalue weighted by Crippen LogP contribution is -1.97. The van der Waals surface area contributed by atoms with Crippen LogP contribution < -0.4 is 0 Å². The van der Waals surface area contributed by atoms with E-state index in [2.05, 4.69) is 32.8 Å². The average molecular weight is 290 g/mol. The zero-order valence-corrected chi connectivity index (χ0v) is 10.1. The molecule has 1 heterocycles. The average Bonchev–Trinajstić information content (AvgIpc) is 2.16. The lowest BCUT2D eigenvalue weighted by Gasteiger charge is -2.00. The van der Waals surface area contributed by atoms with E-state index in [1.54, 1.807) is 6.92 Å². The molecule has 0 unspecified atom stereocenters. The molecule has 0 aliphatic rings. The molecule has 4 nitrogen and oxygen atoms in total.